The molecule has 0 radical (unpaired) electrons. The van der Waals surface area contributed by atoms with Crippen molar-refractivity contribution in [2.24, 2.45) is 5.41 Å². The molecule has 194 valence electrons. The van der Waals surface area contributed by atoms with Gasteiger partial charge in [0.05, 0.1) is 18.0 Å². The van der Waals surface area contributed by atoms with Gasteiger partial charge in [0, 0.05) is 51.0 Å². The van der Waals surface area contributed by atoms with Gasteiger partial charge in [0.25, 0.3) is 0 Å². The van der Waals surface area contributed by atoms with Crippen LogP contribution in [0.25, 0.3) is 0 Å². The van der Waals surface area contributed by atoms with Gasteiger partial charge in [0.2, 0.25) is 11.8 Å². The number of rotatable bonds is 10. The fraction of sp³-hybridized carbons (Fsp3) is 0.379. The summed E-state index contributed by atoms with van der Waals surface area (Å²) in [6, 6.07) is 13.9. The highest BCUT2D eigenvalue weighted by Gasteiger charge is 2.44. The first-order valence-corrected chi connectivity index (χ1v) is 12.6. The van der Waals surface area contributed by atoms with Crippen LogP contribution >= 0.6 is 0 Å². The Hall–Kier alpha value is -3.78. The normalized spacial score (nSPS) is 15.8. The fourth-order valence-corrected chi connectivity index (χ4v) is 4.67. The number of ether oxygens (including phenoxy) is 1. The topological polar surface area (TPSA) is 87.7 Å². The minimum absolute atomic E-state index is 0.201. The van der Waals surface area contributed by atoms with E-state index in [0.29, 0.717) is 23.7 Å². The molecule has 2 amide bonds. The van der Waals surface area contributed by atoms with Crippen LogP contribution < -0.4 is 19.9 Å². The Kier molecular flexibility index (Phi) is 8.18. The van der Waals surface area contributed by atoms with Crippen LogP contribution in [-0.2, 0) is 16.0 Å². The van der Waals surface area contributed by atoms with Crippen LogP contribution in [0.2, 0.25) is 0 Å². The molecule has 0 spiro atoms. The molecule has 0 saturated heterocycles. The number of hydrogen-bond acceptors (Lipinski definition) is 6. The molecule has 1 atom stereocenters. The summed E-state index contributed by atoms with van der Waals surface area (Å²) in [5.41, 5.74) is 2.65. The van der Waals surface area contributed by atoms with Gasteiger partial charge in [-0.2, -0.15) is 0 Å². The van der Waals surface area contributed by atoms with E-state index in [0.717, 1.165) is 25.8 Å². The number of amides is 2. The van der Waals surface area contributed by atoms with Crippen LogP contribution in [0.4, 0.5) is 11.4 Å². The van der Waals surface area contributed by atoms with Crippen LogP contribution in [0, 0.1) is 5.41 Å². The van der Waals surface area contributed by atoms with Crippen LogP contribution in [0.3, 0.4) is 0 Å². The second-order valence-electron chi connectivity index (χ2n) is 9.89. The summed E-state index contributed by atoms with van der Waals surface area (Å²) in [5, 5.41) is 3.66. The molecule has 3 aromatic rings. The number of fused-ring (bicyclic) bond motifs is 1. The van der Waals surface area contributed by atoms with Crippen molar-refractivity contribution in [3.63, 3.8) is 0 Å². The number of aromatic nitrogens is 2. The molecule has 0 fully saturated rings. The predicted molar refractivity (Wildman–Crippen MR) is 145 cm³/mol. The van der Waals surface area contributed by atoms with Crippen LogP contribution in [0.1, 0.15) is 43.9 Å². The Bertz CT molecular complexity index is 1220. The third-order valence-corrected chi connectivity index (χ3v) is 6.88. The average Bonchev–Trinajstić information content (AvgIpc) is 2.97. The van der Waals surface area contributed by atoms with Gasteiger partial charge in [0.1, 0.15) is 11.2 Å². The van der Waals surface area contributed by atoms with Gasteiger partial charge in [-0.05, 0) is 81.1 Å². The first-order valence-electron chi connectivity index (χ1n) is 12.6. The highest BCUT2D eigenvalue weighted by molar-refractivity contribution is 6.19. The summed E-state index contributed by atoms with van der Waals surface area (Å²) in [6.07, 6.45) is 10.0. The van der Waals surface area contributed by atoms with Crippen LogP contribution in [0.15, 0.2) is 67.3 Å². The summed E-state index contributed by atoms with van der Waals surface area (Å²) >= 11 is 0. The minimum atomic E-state index is -1.13. The Balaban J connectivity index is 1.34. The molecule has 3 heterocycles. The SMILES string of the molecule is CN1C(=O)C(C)(C)C(=O)N(C)c2cc(OCCCNC(CCc3cccnc3)c3ccncc3)ccc21. The monoisotopic (exact) mass is 501 g/mol. The molecule has 0 saturated carbocycles. The third kappa shape index (κ3) is 5.97. The molecular formula is C29H35N5O3. The van der Waals surface area contributed by atoms with Crippen molar-refractivity contribution < 1.29 is 14.3 Å². The lowest BCUT2D eigenvalue weighted by Gasteiger charge is -2.25. The zero-order valence-electron chi connectivity index (χ0n) is 22.0. The third-order valence-electron chi connectivity index (χ3n) is 6.88. The van der Waals surface area contributed by atoms with E-state index in [4.69, 9.17) is 4.74 Å². The first kappa shape index (κ1) is 26.3. The van der Waals surface area contributed by atoms with E-state index in [1.54, 1.807) is 43.9 Å². The van der Waals surface area contributed by atoms with E-state index in [2.05, 4.69) is 21.4 Å². The Morgan fingerprint density at radius 2 is 1.68 bits per heavy atom. The number of hydrogen-bond donors (Lipinski definition) is 1. The van der Waals surface area contributed by atoms with E-state index in [1.807, 2.05) is 55.0 Å². The summed E-state index contributed by atoms with van der Waals surface area (Å²) in [4.78, 5) is 37.2. The molecule has 8 heteroatoms. The lowest BCUT2D eigenvalue weighted by Crippen LogP contribution is -2.46. The highest BCUT2D eigenvalue weighted by Crippen LogP contribution is 2.39. The van der Waals surface area contributed by atoms with Crippen molar-refractivity contribution in [3.8, 4) is 5.75 Å². The maximum Gasteiger partial charge on any atom is 0.241 e. The molecule has 1 aliphatic heterocycles. The zero-order valence-corrected chi connectivity index (χ0v) is 22.0. The fourth-order valence-electron chi connectivity index (χ4n) is 4.67. The van der Waals surface area contributed by atoms with E-state index in [1.165, 1.54) is 11.1 Å². The summed E-state index contributed by atoms with van der Waals surface area (Å²) in [5.74, 6) is 0.203. The molecule has 2 aromatic heterocycles. The molecule has 4 rings (SSSR count). The van der Waals surface area contributed by atoms with Crippen molar-refractivity contribution in [1.29, 1.82) is 0 Å². The zero-order chi connectivity index (χ0) is 26.4. The second kappa shape index (κ2) is 11.5. The molecule has 1 aliphatic rings. The molecule has 1 N–H and O–H groups in total. The molecule has 1 aromatic carbocycles. The Morgan fingerprint density at radius 3 is 2.38 bits per heavy atom. The largest absolute Gasteiger partial charge is 0.493 e. The summed E-state index contributed by atoms with van der Waals surface area (Å²) in [7, 11) is 3.41. The highest BCUT2D eigenvalue weighted by atomic mass is 16.5. The Labute approximate surface area is 218 Å². The first-order chi connectivity index (χ1) is 17.8. The quantitative estimate of drug-likeness (QED) is 0.331. The van der Waals surface area contributed by atoms with Gasteiger partial charge in [-0.15, -0.1) is 0 Å². The number of benzene rings is 1. The standard InChI is InChI=1S/C29H35N5O3/c1-29(2)27(35)33(3)25-11-9-23(19-26(25)34(4)28(29)36)37-18-6-15-32-24(22-12-16-30-17-13-22)10-8-21-7-5-14-31-20-21/h5,7,9,11-14,16-17,19-20,24,32H,6,8,10,15,18H2,1-4H3. The Morgan fingerprint density at radius 1 is 0.946 bits per heavy atom. The van der Waals surface area contributed by atoms with Gasteiger partial charge in [-0.1, -0.05) is 6.07 Å². The number of carbonyl (C=O) groups excluding carboxylic acids is 2. The number of nitrogens with zero attached hydrogens (tertiary/aromatic N) is 4. The van der Waals surface area contributed by atoms with Crippen LogP contribution in [-0.4, -0.2) is 49.0 Å². The smallest absolute Gasteiger partial charge is 0.241 e. The van der Waals surface area contributed by atoms with Crippen molar-refractivity contribution >= 4 is 23.2 Å². The van der Waals surface area contributed by atoms with Gasteiger partial charge >= 0.3 is 0 Å². The number of aryl methyl sites for hydroxylation is 1. The molecular weight excluding hydrogens is 466 g/mol. The number of nitrogens with one attached hydrogen (secondary N) is 1. The minimum Gasteiger partial charge on any atom is -0.493 e. The number of pyridine rings is 2. The van der Waals surface area contributed by atoms with Crippen LogP contribution in [0.5, 0.6) is 5.75 Å². The molecule has 8 nitrogen and oxygen atoms in total. The van der Waals surface area contributed by atoms with E-state index in [-0.39, 0.29) is 17.9 Å². The van der Waals surface area contributed by atoms with Gasteiger partial charge < -0.3 is 19.9 Å². The lowest BCUT2D eigenvalue weighted by atomic mass is 9.90. The number of anilines is 2. The molecule has 37 heavy (non-hydrogen) atoms. The number of carbonyl (C=O) groups is 2. The maximum absolute atomic E-state index is 12.9. The van der Waals surface area contributed by atoms with E-state index >= 15 is 0 Å². The molecule has 0 bridgehead atoms. The van der Waals surface area contributed by atoms with E-state index in [9.17, 15) is 9.59 Å². The van der Waals surface area contributed by atoms with Gasteiger partial charge in [-0.3, -0.25) is 19.6 Å². The lowest BCUT2D eigenvalue weighted by molar-refractivity contribution is -0.137. The summed E-state index contributed by atoms with van der Waals surface area (Å²) in [6.45, 7) is 4.64. The van der Waals surface area contributed by atoms with Gasteiger partial charge in [-0.25, -0.2) is 0 Å². The van der Waals surface area contributed by atoms with Crippen molar-refractivity contribution in [1.82, 2.24) is 15.3 Å². The maximum atomic E-state index is 12.9. The van der Waals surface area contributed by atoms with Crippen molar-refractivity contribution in [2.45, 2.75) is 39.2 Å². The average molecular weight is 502 g/mol. The second-order valence-corrected chi connectivity index (χ2v) is 9.89. The molecule has 0 aliphatic carbocycles. The van der Waals surface area contributed by atoms with E-state index < -0.39 is 5.41 Å². The summed E-state index contributed by atoms with van der Waals surface area (Å²) < 4.78 is 6.03. The van der Waals surface area contributed by atoms with Crippen molar-refractivity contribution in [3.05, 3.63) is 78.4 Å². The predicted octanol–water partition coefficient (Wildman–Crippen LogP) is 4.17. The molecule has 1 unspecified atom stereocenters. The van der Waals surface area contributed by atoms with Crippen molar-refractivity contribution in [2.75, 3.05) is 37.0 Å². The van der Waals surface area contributed by atoms with Gasteiger partial charge in [0.15, 0.2) is 0 Å².